The molecule has 43 heteroatoms. The molecule has 0 radical (unpaired) electrons. The van der Waals surface area contributed by atoms with Crippen LogP contribution in [-0.2, 0) is 62.8 Å². The van der Waals surface area contributed by atoms with E-state index in [1.807, 2.05) is 120 Å². The number of nitrogens with zero attached hydrogens (tertiary/aromatic N) is 12. The van der Waals surface area contributed by atoms with Crippen molar-refractivity contribution in [1.29, 1.82) is 5.53 Å². The topological polar surface area (TPSA) is 375 Å². The van der Waals surface area contributed by atoms with E-state index in [0.717, 1.165) is 146 Å². The molecule has 4 aliphatic rings. The predicted octanol–water partition coefficient (Wildman–Crippen LogP) is 24.8. The Morgan fingerprint density at radius 3 is 1.46 bits per heavy atom. The molecule has 11 rings (SSSR count). The average Bonchev–Trinajstić information content (AvgIpc) is 1.60. The van der Waals surface area contributed by atoms with Crippen LogP contribution in [0.5, 0.6) is 0 Å². The van der Waals surface area contributed by atoms with E-state index in [1.165, 1.54) is 73.7 Å². The number of thioether (sulfide) groups is 1. The van der Waals surface area contributed by atoms with E-state index in [1.54, 1.807) is 62.9 Å². The van der Waals surface area contributed by atoms with Gasteiger partial charge < -0.3 is 57.3 Å². The molecule has 7 aromatic rings. The largest absolute Gasteiger partial charge is 1.00 e. The number of aldehydes is 1. The zero-order valence-electron chi connectivity index (χ0n) is 76.9. The molecule has 1 amide bonds. The molecule has 2 atom stereocenters. The number of benzene rings is 4. The summed E-state index contributed by atoms with van der Waals surface area (Å²) in [7, 11) is 6.39. The standard InChI is InChI=1S/C18H21ClO3S.C15H13ClOS2.C11H13ClO.C7H7BrO2S.C7H15NO2.C6H4BrCl.C5H10O2.C4H8O2.C4H8O.2C4H9.C2H7NO.2CH4.ClHN12.ClH.2Li/c1-2-3-7-18(20,13-5-4-6-15(19)10-13)14-11-16(23-12-14)17-21-8-9-22-17;16-13-4-1-3-11(7-13)15(5-2-6-19-15)12-8-14(9-17)18-10-12;1-2-3-7-11(13)9-5-4-6-10(12)8-9;8-5-3-6(11-4-5)7-9-1-2-10-7;1-4-5-6-7(9)8(2)10-3;7-5-2-1-3-6(8)4-5;1-2-3-4-5(6)7;1-3-6-4(2)5;1-2-4-5-3-1;3*1-3-4-2;;;1-3-5-7-9-11-13-12-10-8-6-4-2;;;/h4-6,10-12,17,20H,2-3,7-9H2,1H3;1,3-4,7-10H,2,5-6H2;4-6,8H,2-3,7H2,1H3;3-4,7H,1-2H2;4-6H2,1-3H3;1-4H;2-4H2,1H3,(H,6,7);3H2,1-2H3;1-4H2;2*1,3-4H2,2H3;3H,1-2H3;2*1H4;2H;1H;;/q;;;;;;;;;2*-1;;;;;;2*+1/b;;;;;;;;;;;;;;4-2?,5-3?,8-6+,9-7+,12-10+,13-11+;;;. The molecule has 4 N–H and O–H groups in total. The Morgan fingerprint density at radius 2 is 1.08 bits per heavy atom. The number of thiophene rings is 3. The van der Waals surface area contributed by atoms with Crippen LogP contribution < -0.4 is 43.2 Å². The molecule has 4 aliphatic heterocycles. The fourth-order valence-electron chi connectivity index (χ4n) is 9.84. The van der Waals surface area contributed by atoms with Gasteiger partial charge in [0, 0.05) is 93.5 Å². The van der Waals surface area contributed by atoms with Gasteiger partial charge in [-0.25, -0.2) is 10.5 Å². The summed E-state index contributed by atoms with van der Waals surface area (Å²) in [4.78, 5) is 64.8. The van der Waals surface area contributed by atoms with Crippen molar-refractivity contribution in [2.45, 2.75) is 222 Å². The smallest absolute Gasteiger partial charge is 0.481 e. The molecule has 0 aliphatic carbocycles. The third-order valence-electron chi connectivity index (χ3n) is 16.4. The zero-order chi connectivity index (χ0) is 95.2. The van der Waals surface area contributed by atoms with E-state index >= 15 is 0 Å². The Hall–Kier alpha value is -4.79. The maximum absolute atomic E-state index is 11.5. The number of unbranched alkanes of at least 4 members (excludes halogenated alkanes) is 6. The van der Waals surface area contributed by atoms with Gasteiger partial charge in [0.05, 0.1) is 78.4 Å². The van der Waals surface area contributed by atoms with Gasteiger partial charge in [-0.3, -0.25) is 28.8 Å². The number of aliphatic carboxylic acids is 1. The summed E-state index contributed by atoms with van der Waals surface area (Å²) < 4.78 is 35.9. The van der Waals surface area contributed by atoms with Gasteiger partial charge in [-0.05, 0) is 238 Å². The maximum Gasteiger partial charge on any atom is 1.00 e. The monoisotopic (exact) mass is 2150 g/mol. The normalized spacial score (nSPS) is 14.0. The van der Waals surface area contributed by atoms with Gasteiger partial charge in [0.1, 0.15) is 5.60 Å². The zero-order valence-corrected chi connectivity index (χ0v) is 87.9. The fraction of sp³-hybridized carbons (Fsp3) is 0.517. The second kappa shape index (κ2) is 93.8. The van der Waals surface area contributed by atoms with E-state index in [-0.39, 0.29) is 100.0 Å². The van der Waals surface area contributed by atoms with E-state index in [0.29, 0.717) is 68.8 Å². The Morgan fingerprint density at radius 1 is 0.606 bits per heavy atom. The van der Waals surface area contributed by atoms with Gasteiger partial charge in [0.2, 0.25) is 5.91 Å². The van der Waals surface area contributed by atoms with Crippen LogP contribution in [-0.4, -0.2) is 126 Å². The van der Waals surface area contributed by atoms with Crippen LogP contribution in [0, 0.1) is 19.4 Å². The number of carbonyl (C=O) groups is 5. The number of hydrogen-bond donors (Lipinski definition) is 4. The van der Waals surface area contributed by atoms with Crippen molar-refractivity contribution in [2.75, 3.05) is 80.3 Å². The first-order chi connectivity index (χ1) is 61.2. The number of halogens is 8. The van der Waals surface area contributed by atoms with Crippen LogP contribution in [0.15, 0.2) is 197 Å². The minimum Gasteiger partial charge on any atom is -0.481 e. The number of Topliss-reactive ketones (excluding diaryl/α,β-unsaturated/α-hetero) is 1. The van der Waals surface area contributed by atoms with Gasteiger partial charge >= 0.3 is 49.7 Å². The van der Waals surface area contributed by atoms with Gasteiger partial charge in [0.15, 0.2) is 24.6 Å². The number of ketones is 1. The van der Waals surface area contributed by atoms with E-state index < -0.39 is 11.6 Å². The molecule has 132 heavy (non-hydrogen) atoms. The first-order valence-electron chi connectivity index (χ1n) is 41.1. The first kappa shape index (κ1) is 140. The molecule has 29 nitrogen and oxygen atoms in total. The molecule has 3 aromatic heterocycles. The summed E-state index contributed by atoms with van der Waals surface area (Å²) in [5.41, 5.74) is 12.5. The number of hydroxylamine groups is 3. The Bertz CT molecular complexity index is 4140. The number of carbonyl (C=O) groups excluding carboxylic acids is 4. The van der Waals surface area contributed by atoms with Crippen molar-refractivity contribution in [2.24, 2.45) is 56.9 Å². The quantitative estimate of drug-likeness (QED) is 0.00618. The number of carboxylic acid groups (broad SMARTS) is 1. The summed E-state index contributed by atoms with van der Waals surface area (Å²) in [6.07, 6.45) is 19.8. The van der Waals surface area contributed by atoms with Crippen LogP contribution in [0.4, 0.5) is 0 Å². The van der Waals surface area contributed by atoms with Gasteiger partial charge in [0.25, 0.3) is 0 Å². The molecule has 0 saturated carbocycles. The number of esters is 1. The number of hydrogen-bond acceptors (Lipinski definition) is 21. The van der Waals surface area contributed by atoms with Crippen LogP contribution in [0.1, 0.15) is 263 Å². The third-order valence-corrected chi connectivity index (χ3v) is 23.1. The fourth-order valence-corrected chi connectivity index (χ4v) is 15.9. The predicted molar refractivity (Wildman–Crippen MR) is 539 cm³/mol. The van der Waals surface area contributed by atoms with Crippen LogP contribution in [0.3, 0.4) is 0 Å². The summed E-state index contributed by atoms with van der Waals surface area (Å²) in [5, 5.41) is 58.2. The molecule has 7 heterocycles. The number of ether oxygens (including phenoxy) is 6. The second-order valence-electron chi connectivity index (χ2n) is 26.2. The molecule has 732 valence electrons. The molecule has 4 saturated heterocycles. The Labute approximate surface area is 871 Å². The molecule has 0 bridgehead atoms. The van der Waals surface area contributed by atoms with E-state index in [2.05, 4.69) is 170 Å². The second-order valence-corrected chi connectivity index (χ2v) is 34.1. The number of nitrogens with one attached hydrogen (secondary N) is 2. The summed E-state index contributed by atoms with van der Waals surface area (Å²) >= 11 is 41.7. The molecule has 2 unspecified atom stereocenters. The van der Waals surface area contributed by atoms with Crippen LogP contribution in [0.25, 0.3) is 0 Å². The molecule has 0 spiro atoms. The van der Waals surface area contributed by atoms with E-state index in [4.69, 9.17) is 97.3 Å². The number of carboxylic acids is 1. The van der Waals surface area contributed by atoms with E-state index in [9.17, 15) is 29.1 Å². The first-order valence-corrected chi connectivity index (χ1v) is 48.2. The van der Waals surface area contributed by atoms with Crippen molar-refractivity contribution < 1.29 is 110 Å². The minimum atomic E-state index is -1.03. The van der Waals surface area contributed by atoms with Crippen molar-refractivity contribution in [3.63, 3.8) is 0 Å². The van der Waals surface area contributed by atoms with Crippen LogP contribution >= 0.6 is 148 Å². The maximum atomic E-state index is 11.5. The minimum absolute atomic E-state index is 0. The Balaban J connectivity index is -0.000000265. The van der Waals surface area contributed by atoms with Crippen molar-refractivity contribution in [1.82, 2.24) is 10.5 Å². The van der Waals surface area contributed by atoms with Gasteiger partial charge in [-0.15, -0.1) is 58.2 Å². The van der Waals surface area contributed by atoms with Gasteiger partial charge in [-0.2, -0.15) is 18.4 Å². The number of aliphatic hydroxyl groups is 1. The molecular weight excluding hydrogens is 2020 g/mol. The molecule has 4 aromatic carbocycles. The van der Waals surface area contributed by atoms with Crippen molar-refractivity contribution in [3.8, 4) is 0 Å². The van der Waals surface area contributed by atoms with Crippen molar-refractivity contribution in [3.05, 3.63) is 217 Å². The SMILES string of the molecule is Brc1csc(C2OCCO2)c1.C.C.C1CCOC1.CCCCC(=O)N(C)OC.CCCCC(=O)O.CCCCC(=O)c1cccc(Cl)c1.CCCCC(O)(c1cccc(Cl)c1)c1csc(C2OCCO2)c1.CCOC(C)=O.CNOC.Cl.Clc1cccc(Br)c1.N=N/N=N/N=N/N=N/N=N/N=NCl.O=Cc1cc(C2(c3cccc(Cl)c3)CCCS2)cs1.[CH2-]CCC.[CH2-]CCC.[Li+].[Li+]. The third kappa shape index (κ3) is 69.1. The molecular formula is C89H134Br2Cl6Li2N14O15S4. The van der Waals surface area contributed by atoms with Crippen LogP contribution in [0.2, 0.25) is 20.1 Å². The number of rotatable bonds is 30. The number of amides is 1. The summed E-state index contributed by atoms with van der Waals surface area (Å²) in [5.74, 6) is 0.478. The van der Waals surface area contributed by atoms with Crippen molar-refractivity contribution >= 4 is 178 Å². The Kier molecular flexibility index (Phi) is 99.7. The summed E-state index contributed by atoms with van der Waals surface area (Å²) in [6.45, 7) is 28.0. The van der Waals surface area contributed by atoms with Gasteiger partial charge in [-0.1, -0.05) is 211 Å². The summed E-state index contributed by atoms with van der Waals surface area (Å²) in [6, 6.07) is 36.3. The average molecular weight is 2150 g/mol. The molecule has 4 fully saturated rings.